The first-order valence-electron chi connectivity index (χ1n) is 5.36. The lowest BCUT2D eigenvalue weighted by molar-refractivity contribution is 0.102. The number of carbonyl (C=O) groups is 1. The molecular weight excluding hydrogens is 230 g/mol. The summed E-state index contributed by atoms with van der Waals surface area (Å²) >= 11 is 0. The highest BCUT2D eigenvalue weighted by Gasteiger charge is 2.06. The van der Waals surface area contributed by atoms with E-state index < -0.39 is 0 Å². The van der Waals surface area contributed by atoms with E-state index in [1.54, 1.807) is 49.7 Å². The molecule has 0 saturated carbocycles. The van der Waals surface area contributed by atoms with Crippen LogP contribution < -0.4 is 15.8 Å². The second-order valence-corrected chi connectivity index (χ2v) is 3.66. The Hall–Kier alpha value is -2.56. The maximum Gasteiger partial charge on any atom is 0.256 e. The minimum Gasteiger partial charge on any atom is -0.497 e. The first-order valence-corrected chi connectivity index (χ1v) is 5.36. The van der Waals surface area contributed by atoms with Crippen LogP contribution in [0, 0.1) is 0 Å². The van der Waals surface area contributed by atoms with Crippen molar-refractivity contribution < 1.29 is 9.53 Å². The topological polar surface area (TPSA) is 77.2 Å². The Balaban J connectivity index is 2.11. The highest BCUT2D eigenvalue weighted by atomic mass is 16.5. The molecule has 0 aliphatic carbocycles. The second-order valence-electron chi connectivity index (χ2n) is 3.66. The largest absolute Gasteiger partial charge is 0.497 e. The van der Waals surface area contributed by atoms with E-state index in [0.717, 1.165) is 0 Å². The molecule has 0 radical (unpaired) electrons. The molecule has 0 fully saturated rings. The molecule has 2 aromatic rings. The molecule has 1 amide bonds. The number of aromatic nitrogens is 1. The number of anilines is 2. The van der Waals surface area contributed by atoms with E-state index in [1.165, 1.54) is 0 Å². The Morgan fingerprint density at radius 2 is 2.00 bits per heavy atom. The van der Waals surface area contributed by atoms with Gasteiger partial charge < -0.3 is 15.8 Å². The number of hydrogen-bond acceptors (Lipinski definition) is 4. The molecule has 0 bridgehead atoms. The number of hydrogen-bond donors (Lipinski definition) is 2. The van der Waals surface area contributed by atoms with Gasteiger partial charge in [0.15, 0.2) is 0 Å². The zero-order chi connectivity index (χ0) is 13.0. The summed E-state index contributed by atoms with van der Waals surface area (Å²) in [5.74, 6) is 0.889. The Labute approximate surface area is 105 Å². The zero-order valence-electron chi connectivity index (χ0n) is 9.88. The third-order valence-electron chi connectivity index (χ3n) is 2.38. The minimum atomic E-state index is -0.240. The van der Waals surface area contributed by atoms with Crippen LogP contribution in [-0.2, 0) is 0 Å². The summed E-state index contributed by atoms with van der Waals surface area (Å²) in [5, 5.41) is 2.67. The molecule has 5 heteroatoms. The SMILES string of the molecule is COc1ccc(C(=O)Nc2cc(N)ccn2)cc1. The van der Waals surface area contributed by atoms with Gasteiger partial charge in [0.05, 0.1) is 7.11 Å². The lowest BCUT2D eigenvalue weighted by atomic mass is 10.2. The first-order chi connectivity index (χ1) is 8.69. The van der Waals surface area contributed by atoms with E-state index in [9.17, 15) is 4.79 Å². The number of methoxy groups -OCH3 is 1. The van der Waals surface area contributed by atoms with Crippen molar-refractivity contribution in [3.63, 3.8) is 0 Å². The summed E-state index contributed by atoms with van der Waals surface area (Å²) in [6.07, 6.45) is 1.54. The third-order valence-corrected chi connectivity index (χ3v) is 2.38. The van der Waals surface area contributed by atoms with E-state index in [1.807, 2.05) is 0 Å². The quantitative estimate of drug-likeness (QED) is 0.863. The van der Waals surface area contributed by atoms with Crippen LogP contribution in [0.5, 0.6) is 5.75 Å². The Morgan fingerprint density at radius 3 is 2.61 bits per heavy atom. The zero-order valence-corrected chi connectivity index (χ0v) is 9.88. The van der Waals surface area contributed by atoms with Crippen molar-refractivity contribution in [1.29, 1.82) is 0 Å². The van der Waals surface area contributed by atoms with Gasteiger partial charge in [0, 0.05) is 23.5 Å². The summed E-state index contributed by atoms with van der Waals surface area (Å²) in [7, 11) is 1.58. The highest BCUT2D eigenvalue weighted by Crippen LogP contribution is 2.13. The van der Waals surface area contributed by atoms with Crippen LogP contribution in [0.1, 0.15) is 10.4 Å². The molecule has 0 aliphatic rings. The van der Waals surface area contributed by atoms with Gasteiger partial charge in [0.1, 0.15) is 11.6 Å². The summed E-state index contributed by atoms with van der Waals surface area (Å²) in [6.45, 7) is 0. The number of benzene rings is 1. The molecular formula is C13H13N3O2. The molecule has 2 rings (SSSR count). The second kappa shape index (κ2) is 5.18. The standard InChI is InChI=1S/C13H13N3O2/c1-18-11-4-2-9(3-5-11)13(17)16-12-8-10(14)6-7-15-12/h2-8H,1H3,(H3,14,15,16,17). The maximum atomic E-state index is 11.9. The van der Waals surface area contributed by atoms with Crippen molar-refractivity contribution in [2.75, 3.05) is 18.2 Å². The predicted molar refractivity (Wildman–Crippen MR) is 69.6 cm³/mol. The van der Waals surface area contributed by atoms with E-state index >= 15 is 0 Å². The van der Waals surface area contributed by atoms with Crippen molar-refractivity contribution >= 4 is 17.4 Å². The molecule has 0 saturated heterocycles. The van der Waals surface area contributed by atoms with Crippen molar-refractivity contribution in [3.8, 4) is 5.75 Å². The van der Waals surface area contributed by atoms with Crippen LogP contribution in [-0.4, -0.2) is 18.0 Å². The molecule has 5 nitrogen and oxygen atoms in total. The Bertz CT molecular complexity index is 552. The van der Waals surface area contributed by atoms with E-state index in [0.29, 0.717) is 22.8 Å². The summed E-state index contributed by atoms with van der Waals surface area (Å²) in [4.78, 5) is 15.9. The fourth-order valence-corrected chi connectivity index (χ4v) is 1.45. The number of nitrogens with one attached hydrogen (secondary N) is 1. The number of carbonyl (C=O) groups excluding carboxylic acids is 1. The number of ether oxygens (including phenoxy) is 1. The first kappa shape index (κ1) is 11.9. The van der Waals surface area contributed by atoms with Crippen LogP contribution in [0.25, 0.3) is 0 Å². The maximum absolute atomic E-state index is 11.9. The smallest absolute Gasteiger partial charge is 0.256 e. The van der Waals surface area contributed by atoms with Crippen LogP contribution in [0.15, 0.2) is 42.6 Å². The van der Waals surface area contributed by atoms with Gasteiger partial charge in [0.25, 0.3) is 5.91 Å². The van der Waals surface area contributed by atoms with Crippen molar-refractivity contribution in [1.82, 2.24) is 4.98 Å². The molecule has 0 spiro atoms. The van der Waals surface area contributed by atoms with Crippen LogP contribution >= 0.6 is 0 Å². The number of nitrogens with two attached hydrogens (primary N) is 1. The summed E-state index contributed by atoms with van der Waals surface area (Å²) < 4.78 is 5.02. The van der Waals surface area contributed by atoms with Gasteiger partial charge in [-0.2, -0.15) is 0 Å². The van der Waals surface area contributed by atoms with Gasteiger partial charge in [-0.05, 0) is 30.3 Å². The van der Waals surface area contributed by atoms with E-state index in [-0.39, 0.29) is 5.91 Å². The average molecular weight is 243 g/mol. The van der Waals surface area contributed by atoms with Gasteiger partial charge in [0.2, 0.25) is 0 Å². The van der Waals surface area contributed by atoms with Gasteiger partial charge in [-0.25, -0.2) is 4.98 Å². The molecule has 92 valence electrons. The molecule has 1 heterocycles. The number of rotatable bonds is 3. The fourth-order valence-electron chi connectivity index (χ4n) is 1.45. The van der Waals surface area contributed by atoms with Gasteiger partial charge >= 0.3 is 0 Å². The van der Waals surface area contributed by atoms with Crippen molar-refractivity contribution in [3.05, 3.63) is 48.2 Å². The lowest BCUT2D eigenvalue weighted by Gasteiger charge is -2.05. The highest BCUT2D eigenvalue weighted by molar-refractivity contribution is 6.03. The van der Waals surface area contributed by atoms with E-state index in [2.05, 4.69) is 10.3 Å². The monoisotopic (exact) mass is 243 g/mol. The molecule has 1 aromatic carbocycles. The predicted octanol–water partition coefficient (Wildman–Crippen LogP) is 1.92. The molecule has 3 N–H and O–H groups in total. The molecule has 0 aliphatic heterocycles. The molecule has 0 unspecified atom stereocenters. The van der Waals surface area contributed by atoms with Crippen LogP contribution in [0.4, 0.5) is 11.5 Å². The van der Waals surface area contributed by atoms with Gasteiger partial charge in [-0.3, -0.25) is 4.79 Å². The van der Waals surface area contributed by atoms with Crippen molar-refractivity contribution in [2.45, 2.75) is 0 Å². The van der Waals surface area contributed by atoms with Gasteiger partial charge in [-0.1, -0.05) is 0 Å². The normalized spacial score (nSPS) is 9.83. The Morgan fingerprint density at radius 1 is 1.28 bits per heavy atom. The molecule has 0 atom stereocenters. The molecule has 1 aromatic heterocycles. The number of amides is 1. The average Bonchev–Trinajstić information content (AvgIpc) is 2.39. The Kier molecular flexibility index (Phi) is 3.43. The molecule has 18 heavy (non-hydrogen) atoms. The van der Waals surface area contributed by atoms with E-state index in [4.69, 9.17) is 10.5 Å². The van der Waals surface area contributed by atoms with Gasteiger partial charge in [-0.15, -0.1) is 0 Å². The number of nitrogens with zero attached hydrogens (tertiary/aromatic N) is 1. The van der Waals surface area contributed by atoms with Crippen LogP contribution in [0.2, 0.25) is 0 Å². The minimum absolute atomic E-state index is 0.240. The number of nitrogen functional groups attached to an aromatic ring is 1. The summed E-state index contributed by atoms with van der Waals surface area (Å²) in [5.41, 5.74) is 6.68. The summed E-state index contributed by atoms with van der Waals surface area (Å²) in [6, 6.07) is 10.1. The lowest BCUT2D eigenvalue weighted by Crippen LogP contribution is -2.12. The fraction of sp³-hybridized carbons (Fsp3) is 0.0769. The van der Waals surface area contributed by atoms with Crippen molar-refractivity contribution in [2.24, 2.45) is 0 Å². The number of pyridine rings is 1. The van der Waals surface area contributed by atoms with Crippen LogP contribution in [0.3, 0.4) is 0 Å². The third kappa shape index (κ3) is 2.76.